The van der Waals surface area contributed by atoms with E-state index in [-0.39, 0.29) is 11.6 Å². The van der Waals surface area contributed by atoms with Crippen molar-refractivity contribution in [1.82, 2.24) is 0 Å². The van der Waals surface area contributed by atoms with Gasteiger partial charge in [0.05, 0.1) is 6.26 Å². The molecule has 0 aliphatic heterocycles. The van der Waals surface area contributed by atoms with E-state index in [0.29, 0.717) is 12.1 Å². The first-order valence-corrected chi connectivity index (χ1v) is 4.95. The molecule has 0 saturated carbocycles. The highest BCUT2D eigenvalue weighted by Gasteiger charge is 2.08. The van der Waals surface area contributed by atoms with Gasteiger partial charge in [0.15, 0.2) is 0 Å². The van der Waals surface area contributed by atoms with Gasteiger partial charge in [-0.1, -0.05) is 0 Å². The van der Waals surface area contributed by atoms with Crippen LogP contribution in [0.3, 0.4) is 0 Å². The summed E-state index contributed by atoms with van der Waals surface area (Å²) >= 11 is 0. The lowest BCUT2D eigenvalue weighted by molar-refractivity contribution is 0.0662. The van der Waals surface area contributed by atoms with Gasteiger partial charge in [0.2, 0.25) is 5.76 Å². The molecule has 2 aromatic rings. The van der Waals surface area contributed by atoms with Crippen molar-refractivity contribution in [3.05, 3.63) is 53.7 Å². The summed E-state index contributed by atoms with van der Waals surface area (Å²) in [6, 6.07) is 7.35. The van der Waals surface area contributed by atoms with Gasteiger partial charge in [-0.3, -0.25) is 0 Å². The molecule has 0 unspecified atom stereocenters. The van der Waals surface area contributed by atoms with E-state index in [1.54, 1.807) is 12.1 Å². The van der Waals surface area contributed by atoms with Crippen molar-refractivity contribution in [2.45, 2.75) is 6.54 Å². The number of rotatable bonds is 4. The van der Waals surface area contributed by atoms with Crippen LogP contribution in [0, 0.1) is 5.82 Å². The highest BCUT2D eigenvalue weighted by atomic mass is 19.1. The normalized spacial score (nSPS) is 10.2. The van der Waals surface area contributed by atoms with Crippen LogP contribution >= 0.6 is 0 Å². The van der Waals surface area contributed by atoms with E-state index in [1.807, 2.05) is 0 Å². The zero-order chi connectivity index (χ0) is 12.3. The maximum absolute atomic E-state index is 12.6. The van der Waals surface area contributed by atoms with E-state index < -0.39 is 5.97 Å². The van der Waals surface area contributed by atoms with Gasteiger partial charge in [-0.05, 0) is 30.3 Å². The molecule has 2 N–H and O–H groups in total. The summed E-state index contributed by atoms with van der Waals surface area (Å²) in [5, 5.41) is 11.7. The Bertz CT molecular complexity index is 519. The lowest BCUT2D eigenvalue weighted by Gasteiger charge is -2.03. The number of halogens is 1. The molecule has 0 aliphatic carbocycles. The number of carboxylic acids is 1. The first-order valence-electron chi connectivity index (χ1n) is 4.95. The van der Waals surface area contributed by atoms with Crippen molar-refractivity contribution in [2.24, 2.45) is 0 Å². The van der Waals surface area contributed by atoms with E-state index in [4.69, 9.17) is 9.52 Å². The third kappa shape index (κ3) is 2.84. The summed E-state index contributed by atoms with van der Waals surface area (Å²) in [7, 11) is 0. The highest BCUT2D eigenvalue weighted by Crippen LogP contribution is 2.12. The minimum atomic E-state index is -1.10. The quantitative estimate of drug-likeness (QED) is 0.855. The van der Waals surface area contributed by atoms with Crippen LogP contribution in [0.25, 0.3) is 0 Å². The number of carboxylic acid groups (broad SMARTS) is 1. The average molecular weight is 235 g/mol. The fourth-order valence-electron chi connectivity index (χ4n) is 1.35. The van der Waals surface area contributed by atoms with E-state index in [0.717, 1.165) is 5.69 Å². The van der Waals surface area contributed by atoms with Crippen LogP contribution in [-0.4, -0.2) is 11.1 Å². The maximum Gasteiger partial charge on any atom is 0.371 e. The Hall–Kier alpha value is -2.30. The van der Waals surface area contributed by atoms with Gasteiger partial charge in [0.1, 0.15) is 5.82 Å². The van der Waals surface area contributed by atoms with Crippen LogP contribution in [0.15, 0.2) is 41.0 Å². The molecule has 17 heavy (non-hydrogen) atoms. The molecule has 0 spiro atoms. The highest BCUT2D eigenvalue weighted by molar-refractivity contribution is 5.84. The molecule has 2 rings (SSSR count). The molecule has 0 aliphatic rings. The molecule has 1 heterocycles. The topological polar surface area (TPSA) is 62.5 Å². The van der Waals surface area contributed by atoms with E-state index >= 15 is 0 Å². The van der Waals surface area contributed by atoms with Crippen LogP contribution in [0.2, 0.25) is 0 Å². The molecule has 0 fully saturated rings. The van der Waals surface area contributed by atoms with Crippen LogP contribution in [0.5, 0.6) is 0 Å². The Morgan fingerprint density at radius 1 is 1.35 bits per heavy atom. The van der Waals surface area contributed by atoms with Gasteiger partial charge in [0.25, 0.3) is 0 Å². The smallest absolute Gasteiger partial charge is 0.371 e. The molecule has 0 saturated heterocycles. The lowest BCUT2D eigenvalue weighted by Crippen LogP contribution is -1.98. The summed E-state index contributed by atoms with van der Waals surface area (Å²) in [6.07, 6.45) is 1.37. The first kappa shape index (κ1) is 11.2. The minimum absolute atomic E-state index is 0.0964. The number of aromatic carboxylic acids is 1. The minimum Gasteiger partial charge on any atom is -0.475 e. The molecule has 1 aromatic carbocycles. The first-order chi connectivity index (χ1) is 8.15. The van der Waals surface area contributed by atoms with Crippen molar-refractivity contribution in [3.8, 4) is 0 Å². The van der Waals surface area contributed by atoms with Crippen molar-refractivity contribution in [3.63, 3.8) is 0 Å². The number of nitrogens with one attached hydrogen (secondary N) is 1. The number of benzene rings is 1. The summed E-state index contributed by atoms with van der Waals surface area (Å²) < 4.78 is 17.5. The van der Waals surface area contributed by atoms with Crippen molar-refractivity contribution >= 4 is 11.7 Å². The lowest BCUT2D eigenvalue weighted by atomic mass is 10.2. The van der Waals surface area contributed by atoms with Gasteiger partial charge in [-0.15, -0.1) is 0 Å². The zero-order valence-corrected chi connectivity index (χ0v) is 8.81. The monoisotopic (exact) mass is 235 g/mol. The Morgan fingerprint density at radius 2 is 2.06 bits per heavy atom. The van der Waals surface area contributed by atoms with E-state index in [1.165, 1.54) is 24.5 Å². The van der Waals surface area contributed by atoms with Crippen LogP contribution < -0.4 is 5.32 Å². The van der Waals surface area contributed by atoms with Gasteiger partial charge < -0.3 is 14.8 Å². The van der Waals surface area contributed by atoms with Gasteiger partial charge in [-0.2, -0.15) is 0 Å². The zero-order valence-electron chi connectivity index (χ0n) is 8.81. The van der Waals surface area contributed by atoms with Crippen LogP contribution in [0.1, 0.15) is 16.1 Å². The summed E-state index contributed by atoms with van der Waals surface area (Å²) in [6.45, 7) is 0.419. The number of furan rings is 1. The number of hydrogen-bond acceptors (Lipinski definition) is 3. The van der Waals surface area contributed by atoms with Gasteiger partial charge in [0, 0.05) is 17.8 Å². The second-order valence-corrected chi connectivity index (χ2v) is 3.48. The summed E-state index contributed by atoms with van der Waals surface area (Å²) in [5.41, 5.74) is 1.47. The molecule has 5 heteroatoms. The van der Waals surface area contributed by atoms with E-state index in [2.05, 4.69) is 5.32 Å². The summed E-state index contributed by atoms with van der Waals surface area (Å²) in [4.78, 5) is 10.6. The molecular weight excluding hydrogens is 225 g/mol. The van der Waals surface area contributed by atoms with Gasteiger partial charge >= 0.3 is 5.97 Å². The van der Waals surface area contributed by atoms with Crippen molar-refractivity contribution < 1.29 is 18.7 Å². The molecule has 0 radical (unpaired) electrons. The second-order valence-electron chi connectivity index (χ2n) is 3.48. The molecule has 1 aromatic heterocycles. The van der Waals surface area contributed by atoms with Gasteiger partial charge in [-0.25, -0.2) is 9.18 Å². The van der Waals surface area contributed by atoms with Crippen molar-refractivity contribution in [2.75, 3.05) is 5.32 Å². The summed E-state index contributed by atoms with van der Waals surface area (Å²) in [5.74, 6) is -1.49. The largest absolute Gasteiger partial charge is 0.475 e. The molecule has 88 valence electrons. The Labute approximate surface area is 96.7 Å². The standard InChI is InChI=1S/C12H10FNO3/c13-9-1-3-10(4-2-9)14-6-8-5-11(12(15)16)17-7-8/h1-5,7,14H,6H2,(H,15,16). The third-order valence-electron chi connectivity index (χ3n) is 2.21. The second kappa shape index (κ2) is 4.69. The Kier molecular flexibility index (Phi) is 3.09. The van der Waals surface area contributed by atoms with Crippen molar-refractivity contribution in [1.29, 1.82) is 0 Å². The Morgan fingerprint density at radius 3 is 2.65 bits per heavy atom. The fraction of sp³-hybridized carbons (Fsp3) is 0.0833. The SMILES string of the molecule is O=C(O)c1cc(CNc2ccc(F)cc2)co1. The molecule has 0 bridgehead atoms. The molecule has 0 amide bonds. The predicted molar refractivity (Wildman–Crippen MR) is 59.4 cm³/mol. The number of anilines is 1. The average Bonchev–Trinajstić information content (AvgIpc) is 2.77. The molecule has 4 nitrogen and oxygen atoms in total. The predicted octanol–water partition coefficient (Wildman–Crippen LogP) is 2.73. The fourth-order valence-corrected chi connectivity index (χ4v) is 1.35. The number of carbonyl (C=O) groups is 1. The Balaban J connectivity index is 1.97. The maximum atomic E-state index is 12.6. The van der Waals surface area contributed by atoms with Crippen LogP contribution in [0.4, 0.5) is 10.1 Å². The third-order valence-corrected chi connectivity index (χ3v) is 2.21. The van der Waals surface area contributed by atoms with E-state index in [9.17, 15) is 9.18 Å². The van der Waals surface area contributed by atoms with Crippen LogP contribution in [-0.2, 0) is 6.54 Å². The molecule has 0 atom stereocenters. The molecular formula is C12H10FNO3. The number of hydrogen-bond donors (Lipinski definition) is 2.